The van der Waals surface area contributed by atoms with Crippen molar-refractivity contribution < 1.29 is 4.74 Å². The fourth-order valence-corrected chi connectivity index (χ4v) is 1.61. The zero-order valence-corrected chi connectivity index (χ0v) is 11.1. The number of aromatic nitrogens is 4. The van der Waals surface area contributed by atoms with Gasteiger partial charge in [0.05, 0.1) is 6.20 Å². The Bertz CT molecular complexity index is 495. The van der Waals surface area contributed by atoms with Crippen LogP contribution in [0.1, 0.15) is 19.7 Å². The molecule has 0 saturated heterocycles. The molecule has 0 N–H and O–H groups in total. The lowest BCUT2D eigenvalue weighted by atomic mass is 10.2. The molecule has 0 aromatic carbocycles. The van der Waals surface area contributed by atoms with Gasteiger partial charge in [0, 0.05) is 6.54 Å². The molecule has 0 amide bonds. The monoisotopic (exact) mass is 266 g/mol. The van der Waals surface area contributed by atoms with E-state index in [1.165, 1.54) is 0 Å². The Morgan fingerprint density at radius 2 is 2.17 bits per heavy atom. The number of nitrogens with zero attached hydrogens (tertiary/aromatic N) is 4. The van der Waals surface area contributed by atoms with Crippen molar-refractivity contribution in [2.24, 2.45) is 5.92 Å². The minimum Gasteiger partial charge on any atom is -0.484 e. The third-order valence-corrected chi connectivity index (χ3v) is 2.53. The topological polar surface area (TPSA) is 52.8 Å². The fraction of sp³-hybridized carbons (Fsp3) is 0.417. The molecule has 2 aromatic heterocycles. The Balaban J connectivity index is 1.97. The molecule has 0 aliphatic carbocycles. The first-order chi connectivity index (χ1) is 8.65. The van der Waals surface area contributed by atoms with Crippen molar-refractivity contribution in [3.63, 3.8) is 0 Å². The first-order valence-electron chi connectivity index (χ1n) is 5.76. The van der Waals surface area contributed by atoms with Crippen molar-refractivity contribution in [2.75, 3.05) is 0 Å². The van der Waals surface area contributed by atoms with Gasteiger partial charge in [0.2, 0.25) is 0 Å². The standard InChI is InChI=1S/C12H15ClN4O/c1-9(2)6-17-12(15-8-16-17)7-18-10-3-4-11(13)14-5-10/h3-5,8-9H,6-7H2,1-2H3. The van der Waals surface area contributed by atoms with Gasteiger partial charge >= 0.3 is 0 Å². The summed E-state index contributed by atoms with van der Waals surface area (Å²) in [6, 6.07) is 3.47. The molecular weight excluding hydrogens is 252 g/mol. The molecular formula is C12H15ClN4O. The normalized spacial score (nSPS) is 10.9. The Kier molecular flexibility index (Phi) is 4.15. The van der Waals surface area contributed by atoms with Crippen LogP contribution < -0.4 is 4.74 Å². The molecule has 5 nitrogen and oxygen atoms in total. The van der Waals surface area contributed by atoms with Crippen LogP contribution in [0.2, 0.25) is 5.15 Å². The number of hydrogen-bond acceptors (Lipinski definition) is 4. The Hall–Kier alpha value is -1.62. The second kappa shape index (κ2) is 5.82. The van der Waals surface area contributed by atoms with Gasteiger partial charge in [-0.1, -0.05) is 25.4 Å². The Morgan fingerprint density at radius 3 is 2.83 bits per heavy atom. The van der Waals surface area contributed by atoms with Crippen LogP contribution in [0.4, 0.5) is 0 Å². The van der Waals surface area contributed by atoms with E-state index in [-0.39, 0.29) is 0 Å². The van der Waals surface area contributed by atoms with Crippen LogP contribution >= 0.6 is 11.6 Å². The van der Waals surface area contributed by atoms with Gasteiger partial charge in [0.15, 0.2) is 5.82 Å². The summed E-state index contributed by atoms with van der Waals surface area (Å²) in [5.74, 6) is 1.99. The van der Waals surface area contributed by atoms with Crippen molar-refractivity contribution in [1.82, 2.24) is 19.7 Å². The summed E-state index contributed by atoms with van der Waals surface area (Å²) in [7, 11) is 0. The highest BCUT2D eigenvalue weighted by molar-refractivity contribution is 6.29. The molecule has 6 heteroatoms. The van der Waals surface area contributed by atoms with Crippen LogP contribution in [-0.2, 0) is 13.2 Å². The molecule has 18 heavy (non-hydrogen) atoms. The maximum Gasteiger partial charge on any atom is 0.164 e. The van der Waals surface area contributed by atoms with Crippen molar-refractivity contribution in [2.45, 2.75) is 27.0 Å². The van der Waals surface area contributed by atoms with E-state index in [0.717, 1.165) is 12.4 Å². The van der Waals surface area contributed by atoms with Crippen molar-refractivity contribution >= 4 is 11.6 Å². The summed E-state index contributed by atoms with van der Waals surface area (Å²) in [5.41, 5.74) is 0. The largest absolute Gasteiger partial charge is 0.484 e. The first-order valence-corrected chi connectivity index (χ1v) is 6.14. The molecule has 2 heterocycles. The van der Waals surface area contributed by atoms with Gasteiger partial charge in [-0.05, 0) is 18.1 Å². The molecule has 0 aliphatic rings. The summed E-state index contributed by atoms with van der Waals surface area (Å²) in [5, 5.41) is 4.62. The summed E-state index contributed by atoms with van der Waals surface area (Å²) in [6.45, 7) is 5.47. The van der Waals surface area contributed by atoms with Crippen molar-refractivity contribution in [1.29, 1.82) is 0 Å². The van der Waals surface area contributed by atoms with Gasteiger partial charge in [-0.3, -0.25) is 0 Å². The molecule has 0 aliphatic heterocycles. The van der Waals surface area contributed by atoms with Gasteiger partial charge in [0.25, 0.3) is 0 Å². The van der Waals surface area contributed by atoms with Crippen LogP contribution in [0, 0.1) is 5.92 Å². The third-order valence-electron chi connectivity index (χ3n) is 2.30. The highest BCUT2D eigenvalue weighted by atomic mass is 35.5. The third kappa shape index (κ3) is 3.43. The quantitative estimate of drug-likeness (QED) is 0.781. The smallest absolute Gasteiger partial charge is 0.164 e. The Labute approximate surface area is 111 Å². The van der Waals surface area contributed by atoms with E-state index < -0.39 is 0 Å². The molecule has 0 spiro atoms. The lowest BCUT2D eigenvalue weighted by molar-refractivity contribution is 0.281. The van der Waals surface area contributed by atoms with Crippen molar-refractivity contribution in [3.8, 4) is 5.75 Å². The lowest BCUT2D eigenvalue weighted by Crippen LogP contribution is -2.12. The van der Waals surface area contributed by atoms with E-state index in [9.17, 15) is 0 Å². The summed E-state index contributed by atoms with van der Waals surface area (Å²) < 4.78 is 7.44. The van der Waals surface area contributed by atoms with Crippen LogP contribution in [0.15, 0.2) is 24.7 Å². The summed E-state index contributed by atoms with van der Waals surface area (Å²) in [6.07, 6.45) is 3.13. The van der Waals surface area contributed by atoms with Crippen LogP contribution in [0.25, 0.3) is 0 Å². The molecule has 0 radical (unpaired) electrons. The van der Waals surface area contributed by atoms with Crippen LogP contribution in [-0.4, -0.2) is 19.7 Å². The molecule has 0 unspecified atom stereocenters. The number of pyridine rings is 1. The maximum absolute atomic E-state index is 5.70. The van der Waals surface area contributed by atoms with E-state index in [4.69, 9.17) is 16.3 Å². The van der Waals surface area contributed by atoms with Gasteiger partial charge in [0.1, 0.15) is 23.8 Å². The van der Waals surface area contributed by atoms with Crippen molar-refractivity contribution in [3.05, 3.63) is 35.6 Å². The molecule has 0 atom stereocenters. The predicted molar refractivity (Wildman–Crippen MR) is 68.4 cm³/mol. The minimum absolute atomic E-state index is 0.371. The zero-order valence-electron chi connectivity index (χ0n) is 10.4. The maximum atomic E-state index is 5.70. The average Bonchev–Trinajstić information content (AvgIpc) is 2.75. The molecule has 0 bridgehead atoms. The summed E-state index contributed by atoms with van der Waals surface area (Å²) >= 11 is 5.70. The highest BCUT2D eigenvalue weighted by Crippen LogP contribution is 2.13. The highest BCUT2D eigenvalue weighted by Gasteiger charge is 2.07. The minimum atomic E-state index is 0.371. The van der Waals surface area contributed by atoms with Gasteiger partial charge < -0.3 is 4.74 Å². The average molecular weight is 267 g/mol. The first kappa shape index (κ1) is 12.8. The number of hydrogen-bond donors (Lipinski definition) is 0. The number of ether oxygens (including phenoxy) is 1. The molecule has 2 rings (SSSR count). The molecule has 0 fully saturated rings. The van der Waals surface area contributed by atoms with E-state index in [1.807, 2.05) is 4.68 Å². The molecule has 2 aromatic rings. The SMILES string of the molecule is CC(C)Cn1ncnc1COc1ccc(Cl)nc1. The van der Waals surface area contributed by atoms with Gasteiger partial charge in [-0.2, -0.15) is 5.10 Å². The number of halogens is 1. The lowest BCUT2D eigenvalue weighted by Gasteiger charge is -2.09. The van der Waals surface area contributed by atoms with E-state index >= 15 is 0 Å². The predicted octanol–water partition coefficient (Wildman–Crippen LogP) is 2.56. The molecule has 96 valence electrons. The zero-order chi connectivity index (χ0) is 13.0. The van der Waals surface area contributed by atoms with E-state index in [1.54, 1.807) is 24.7 Å². The van der Waals surface area contributed by atoms with Crippen LogP contribution in [0.5, 0.6) is 5.75 Å². The second-order valence-corrected chi connectivity index (χ2v) is 4.74. The fourth-order valence-electron chi connectivity index (χ4n) is 1.49. The Morgan fingerprint density at radius 1 is 1.33 bits per heavy atom. The van der Waals surface area contributed by atoms with E-state index in [0.29, 0.717) is 23.4 Å². The van der Waals surface area contributed by atoms with E-state index in [2.05, 4.69) is 28.9 Å². The van der Waals surface area contributed by atoms with Gasteiger partial charge in [-0.25, -0.2) is 14.6 Å². The molecule has 0 saturated carbocycles. The van der Waals surface area contributed by atoms with Gasteiger partial charge in [-0.15, -0.1) is 0 Å². The number of rotatable bonds is 5. The second-order valence-electron chi connectivity index (χ2n) is 4.36. The van der Waals surface area contributed by atoms with Crippen LogP contribution in [0.3, 0.4) is 0 Å². The summed E-state index contributed by atoms with van der Waals surface area (Å²) in [4.78, 5) is 8.13.